The van der Waals surface area contributed by atoms with E-state index >= 15 is 0 Å². The second kappa shape index (κ2) is 6.74. The van der Waals surface area contributed by atoms with E-state index in [1.807, 2.05) is 27.7 Å². The van der Waals surface area contributed by atoms with Crippen molar-refractivity contribution in [1.29, 1.82) is 0 Å². The van der Waals surface area contributed by atoms with Crippen LogP contribution in [0.1, 0.15) is 53.9 Å². The number of carbonyl (C=O) groups excluding carboxylic acids is 1. The molecule has 0 aromatic heterocycles. The maximum atomic E-state index is 11.5. The summed E-state index contributed by atoms with van der Waals surface area (Å²) in [5.41, 5.74) is 5.48. The van der Waals surface area contributed by atoms with E-state index in [2.05, 4.69) is 12.2 Å². The molecule has 2 atom stereocenters. The molecule has 0 bridgehead atoms. The van der Waals surface area contributed by atoms with Crippen LogP contribution in [0.25, 0.3) is 0 Å². The Morgan fingerprint density at radius 1 is 1.44 bits per heavy atom. The molecule has 1 amide bonds. The summed E-state index contributed by atoms with van der Waals surface area (Å²) < 4.78 is 5.16. The van der Waals surface area contributed by atoms with Crippen LogP contribution in [0.4, 0.5) is 4.79 Å². The third-order valence-electron chi connectivity index (χ3n) is 2.28. The molecule has 0 heterocycles. The quantitative estimate of drug-likeness (QED) is 0.762. The molecular weight excluding hydrogens is 204 g/mol. The highest BCUT2D eigenvalue weighted by atomic mass is 16.6. The molecule has 96 valence electrons. The molecule has 0 radical (unpaired) electrons. The van der Waals surface area contributed by atoms with Gasteiger partial charge in [-0.25, -0.2) is 4.79 Å². The molecule has 0 unspecified atom stereocenters. The molecule has 0 fully saturated rings. The first kappa shape index (κ1) is 15.2. The van der Waals surface area contributed by atoms with Gasteiger partial charge in [-0.15, -0.1) is 0 Å². The monoisotopic (exact) mass is 230 g/mol. The van der Waals surface area contributed by atoms with Gasteiger partial charge >= 0.3 is 6.09 Å². The highest BCUT2D eigenvalue weighted by Crippen LogP contribution is 2.08. The summed E-state index contributed by atoms with van der Waals surface area (Å²) in [6.45, 7) is 9.56. The Balaban J connectivity index is 3.94. The minimum absolute atomic E-state index is 0.00697. The summed E-state index contributed by atoms with van der Waals surface area (Å²) in [7, 11) is 0. The van der Waals surface area contributed by atoms with Crippen LogP contribution < -0.4 is 11.1 Å². The van der Waals surface area contributed by atoms with Gasteiger partial charge in [-0.1, -0.05) is 19.8 Å². The first-order valence-corrected chi connectivity index (χ1v) is 6.01. The molecule has 0 aromatic rings. The summed E-state index contributed by atoms with van der Waals surface area (Å²) >= 11 is 0. The Hall–Kier alpha value is -0.770. The zero-order chi connectivity index (χ0) is 12.8. The predicted octanol–water partition coefficient (Wildman–Crippen LogP) is 2.42. The van der Waals surface area contributed by atoms with Crippen molar-refractivity contribution in [2.45, 2.75) is 71.6 Å². The molecule has 0 saturated carbocycles. The van der Waals surface area contributed by atoms with Gasteiger partial charge in [0.1, 0.15) is 5.60 Å². The third kappa shape index (κ3) is 7.51. The standard InChI is InChI=1S/C12H26N2O2/c1-6-7-8-10(13)9(2)14-11(15)16-12(3,4)5/h9-10H,6-8,13H2,1-5H3,(H,14,15)/t9-,10+/m0/s1. The maximum absolute atomic E-state index is 11.5. The Labute approximate surface area is 98.9 Å². The molecule has 0 saturated heterocycles. The number of unbranched alkanes of at least 4 members (excludes halogenated alkanes) is 1. The number of alkyl carbamates (subject to hydrolysis) is 1. The lowest BCUT2D eigenvalue weighted by Crippen LogP contribution is -2.47. The van der Waals surface area contributed by atoms with Gasteiger partial charge in [-0.3, -0.25) is 0 Å². The Kier molecular flexibility index (Phi) is 6.41. The Morgan fingerprint density at radius 2 is 2.00 bits per heavy atom. The van der Waals surface area contributed by atoms with Crippen LogP contribution in [0.3, 0.4) is 0 Å². The Morgan fingerprint density at radius 3 is 2.44 bits per heavy atom. The van der Waals surface area contributed by atoms with Crippen LogP contribution >= 0.6 is 0 Å². The second-order valence-corrected chi connectivity index (χ2v) is 5.24. The van der Waals surface area contributed by atoms with Gasteiger partial charge in [0.25, 0.3) is 0 Å². The zero-order valence-electron chi connectivity index (χ0n) is 11.2. The van der Waals surface area contributed by atoms with E-state index in [1.54, 1.807) is 0 Å². The van der Waals surface area contributed by atoms with E-state index < -0.39 is 11.7 Å². The van der Waals surface area contributed by atoms with E-state index in [4.69, 9.17) is 10.5 Å². The highest BCUT2D eigenvalue weighted by Gasteiger charge is 2.20. The molecule has 3 N–H and O–H groups in total. The van der Waals surface area contributed by atoms with Gasteiger partial charge in [0.05, 0.1) is 0 Å². The Bertz CT molecular complexity index is 212. The molecule has 0 spiro atoms. The average Bonchev–Trinajstić information content (AvgIpc) is 2.10. The van der Waals surface area contributed by atoms with Crippen LogP contribution in [0.5, 0.6) is 0 Å². The minimum Gasteiger partial charge on any atom is -0.444 e. The number of ether oxygens (including phenoxy) is 1. The molecule has 0 aromatic carbocycles. The first-order valence-electron chi connectivity index (χ1n) is 6.01. The first-order chi connectivity index (χ1) is 7.26. The van der Waals surface area contributed by atoms with E-state index in [9.17, 15) is 4.79 Å². The van der Waals surface area contributed by atoms with Gasteiger partial charge in [-0.2, -0.15) is 0 Å². The van der Waals surface area contributed by atoms with Gasteiger partial charge < -0.3 is 15.8 Å². The number of amides is 1. The fraction of sp³-hybridized carbons (Fsp3) is 0.917. The molecule has 0 aliphatic rings. The molecule has 0 aliphatic carbocycles. The summed E-state index contributed by atoms with van der Waals surface area (Å²) in [5.74, 6) is 0. The number of nitrogens with one attached hydrogen (secondary N) is 1. The SMILES string of the molecule is CCCC[C@@H](N)[C@H](C)NC(=O)OC(C)(C)C. The van der Waals surface area contributed by atoms with Gasteiger partial charge in [0.2, 0.25) is 0 Å². The summed E-state index contributed by atoms with van der Waals surface area (Å²) in [6.07, 6.45) is 2.73. The van der Waals surface area contributed by atoms with Crippen molar-refractivity contribution in [3.05, 3.63) is 0 Å². The fourth-order valence-electron chi connectivity index (χ4n) is 1.29. The lowest BCUT2D eigenvalue weighted by atomic mass is 10.0. The predicted molar refractivity (Wildman–Crippen MR) is 66.3 cm³/mol. The number of nitrogens with two attached hydrogens (primary N) is 1. The van der Waals surface area contributed by atoms with Crippen molar-refractivity contribution in [3.8, 4) is 0 Å². The minimum atomic E-state index is -0.461. The fourth-order valence-corrected chi connectivity index (χ4v) is 1.29. The van der Waals surface area contributed by atoms with Crippen LogP contribution in [0, 0.1) is 0 Å². The zero-order valence-corrected chi connectivity index (χ0v) is 11.2. The number of hydrogen-bond acceptors (Lipinski definition) is 3. The highest BCUT2D eigenvalue weighted by molar-refractivity contribution is 5.68. The smallest absolute Gasteiger partial charge is 0.407 e. The molecular formula is C12H26N2O2. The van der Waals surface area contributed by atoms with Crippen molar-refractivity contribution in [3.63, 3.8) is 0 Å². The number of hydrogen-bond donors (Lipinski definition) is 2. The lowest BCUT2D eigenvalue weighted by Gasteiger charge is -2.24. The third-order valence-corrected chi connectivity index (χ3v) is 2.28. The molecule has 0 aliphatic heterocycles. The summed E-state index contributed by atoms with van der Waals surface area (Å²) in [5, 5.41) is 2.76. The van der Waals surface area contributed by atoms with Crippen molar-refractivity contribution in [1.82, 2.24) is 5.32 Å². The van der Waals surface area contributed by atoms with Crippen LogP contribution in [0.15, 0.2) is 0 Å². The van der Waals surface area contributed by atoms with Crippen LogP contribution in [0.2, 0.25) is 0 Å². The van der Waals surface area contributed by atoms with Crippen molar-refractivity contribution < 1.29 is 9.53 Å². The average molecular weight is 230 g/mol. The molecule has 4 nitrogen and oxygen atoms in total. The molecule has 0 rings (SSSR count). The number of carbonyl (C=O) groups is 1. The second-order valence-electron chi connectivity index (χ2n) is 5.24. The number of rotatable bonds is 5. The maximum Gasteiger partial charge on any atom is 0.407 e. The van der Waals surface area contributed by atoms with Gasteiger partial charge in [0.15, 0.2) is 0 Å². The van der Waals surface area contributed by atoms with E-state index in [1.165, 1.54) is 0 Å². The van der Waals surface area contributed by atoms with Crippen LogP contribution in [-0.4, -0.2) is 23.8 Å². The van der Waals surface area contributed by atoms with E-state index in [0.29, 0.717) is 0 Å². The van der Waals surface area contributed by atoms with Crippen molar-refractivity contribution in [2.75, 3.05) is 0 Å². The lowest BCUT2D eigenvalue weighted by molar-refractivity contribution is 0.0500. The van der Waals surface area contributed by atoms with E-state index in [-0.39, 0.29) is 12.1 Å². The topological polar surface area (TPSA) is 64.3 Å². The van der Waals surface area contributed by atoms with Gasteiger partial charge in [0, 0.05) is 12.1 Å². The van der Waals surface area contributed by atoms with E-state index in [0.717, 1.165) is 19.3 Å². The summed E-state index contributed by atoms with van der Waals surface area (Å²) in [6, 6.07) is -0.0612. The summed E-state index contributed by atoms with van der Waals surface area (Å²) in [4.78, 5) is 11.5. The largest absolute Gasteiger partial charge is 0.444 e. The molecule has 16 heavy (non-hydrogen) atoms. The van der Waals surface area contributed by atoms with Crippen molar-refractivity contribution in [2.24, 2.45) is 5.73 Å². The van der Waals surface area contributed by atoms with Gasteiger partial charge in [-0.05, 0) is 34.1 Å². The van der Waals surface area contributed by atoms with Crippen LogP contribution in [-0.2, 0) is 4.74 Å². The normalized spacial score (nSPS) is 15.4. The molecule has 4 heteroatoms. The van der Waals surface area contributed by atoms with Crippen molar-refractivity contribution >= 4 is 6.09 Å².